The van der Waals surface area contributed by atoms with Crippen LogP contribution >= 0.6 is 15.9 Å². The summed E-state index contributed by atoms with van der Waals surface area (Å²) >= 11 is 3.56. The van der Waals surface area contributed by atoms with Gasteiger partial charge in [-0.25, -0.2) is 4.98 Å². The fourth-order valence-electron chi connectivity index (χ4n) is 3.88. The number of ether oxygens (including phenoxy) is 1. The summed E-state index contributed by atoms with van der Waals surface area (Å²) in [6, 6.07) is 8.45. The number of imidazole rings is 1. The molecule has 1 heterocycles. The first-order valence-corrected chi connectivity index (χ1v) is 10.6. The lowest BCUT2D eigenvalue weighted by atomic mass is 9.97. The zero-order valence-corrected chi connectivity index (χ0v) is 18.9. The molecular formula is C22H29BrN4O. The SMILES string of the molecule is CCCN(CCC)c1ccc(-c2c(C)cc(Br)cc2OC)c2nc(N)n(C)c12. The van der Waals surface area contributed by atoms with E-state index in [0.717, 1.165) is 63.9 Å². The van der Waals surface area contributed by atoms with Gasteiger partial charge < -0.3 is 19.9 Å². The minimum atomic E-state index is 0.519. The van der Waals surface area contributed by atoms with E-state index in [-0.39, 0.29) is 0 Å². The first kappa shape index (κ1) is 20.5. The highest BCUT2D eigenvalue weighted by molar-refractivity contribution is 9.10. The Labute approximate surface area is 175 Å². The maximum absolute atomic E-state index is 6.24. The first-order valence-electron chi connectivity index (χ1n) is 9.77. The Bertz CT molecular complexity index is 990. The van der Waals surface area contributed by atoms with Gasteiger partial charge in [-0.2, -0.15) is 0 Å². The van der Waals surface area contributed by atoms with Crippen LogP contribution in [0.1, 0.15) is 32.3 Å². The molecule has 0 aliphatic carbocycles. The molecule has 0 radical (unpaired) electrons. The van der Waals surface area contributed by atoms with Gasteiger partial charge >= 0.3 is 0 Å². The molecular weight excluding hydrogens is 416 g/mol. The second-order valence-corrected chi connectivity index (χ2v) is 8.06. The lowest BCUT2D eigenvalue weighted by Crippen LogP contribution is -2.25. The summed E-state index contributed by atoms with van der Waals surface area (Å²) < 4.78 is 8.69. The average molecular weight is 445 g/mol. The molecule has 3 aromatic rings. The number of nitrogens with two attached hydrogens (primary N) is 1. The van der Waals surface area contributed by atoms with Crippen LogP contribution in [0.2, 0.25) is 0 Å². The Morgan fingerprint density at radius 2 is 1.86 bits per heavy atom. The molecule has 0 aliphatic rings. The highest BCUT2D eigenvalue weighted by atomic mass is 79.9. The predicted octanol–water partition coefficient (Wildman–Crippen LogP) is 5.53. The van der Waals surface area contributed by atoms with Crippen LogP contribution in [-0.4, -0.2) is 29.8 Å². The van der Waals surface area contributed by atoms with E-state index in [2.05, 4.69) is 59.8 Å². The van der Waals surface area contributed by atoms with E-state index >= 15 is 0 Å². The van der Waals surface area contributed by atoms with E-state index in [9.17, 15) is 0 Å². The number of anilines is 2. The summed E-state index contributed by atoms with van der Waals surface area (Å²) in [7, 11) is 3.69. The van der Waals surface area contributed by atoms with Crippen LogP contribution in [0, 0.1) is 6.92 Å². The molecule has 1 aromatic heterocycles. The van der Waals surface area contributed by atoms with Crippen molar-refractivity contribution >= 4 is 38.6 Å². The second-order valence-electron chi connectivity index (χ2n) is 7.15. The zero-order chi connectivity index (χ0) is 20.4. The van der Waals surface area contributed by atoms with Crippen LogP contribution in [0.3, 0.4) is 0 Å². The predicted molar refractivity (Wildman–Crippen MR) is 122 cm³/mol. The van der Waals surface area contributed by atoms with Crippen LogP contribution in [0.4, 0.5) is 11.6 Å². The third kappa shape index (κ3) is 3.58. The van der Waals surface area contributed by atoms with Crippen LogP contribution in [0.15, 0.2) is 28.7 Å². The molecule has 0 fully saturated rings. The quantitative estimate of drug-likeness (QED) is 0.520. The highest BCUT2D eigenvalue weighted by Gasteiger charge is 2.21. The minimum absolute atomic E-state index is 0.519. The lowest BCUT2D eigenvalue weighted by molar-refractivity contribution is 0.416. The van der Waals surface area contributed by atoms with E-state index in [4.69, 9.17) is 15.5 Å². The number of fused-ring (bicyclic) bond motifs is 1. The average Bonchev–Trinajstić information content (AvgIpc) is 2.96. The molecule has 2 aromatic carbocycles. The summed E-state index contributed by atoms with van der Waals surface area (Å²) in [6.45, 7) is 8.53. The Hall–Kier alpha value is -2.21. The second kappa shape index (κ2) is 8.43. The molecule has 0 saturated heterocycles. The molecule has 0 unspecified atom stereocenters. The van der Waals surface area contributed by atoms with Crippen molar-refractivity contribution in [2.75, 3.05) is 30.8 Å². The fraction of sp³-hybridized carbons (Fsp3) is 0.409. The molecule has 0 bridgehead atoms. The summed E-state index contributed by atoms with van der Waals surface area (Å²) in [5.41, 5.74) is 12.6. The molecule has 5 nitrogen and oxygen atoms in total. The van der Waals surface area contributed by atoms with Gasteiger partial charge in [0.25, 0.3) is 0 Å². The third-order valence-corrected chi connectivity index (χ3v) is 5.57. The summed E-state index contributed by atoms with van der Waals surface area (Å²) in [4.78, 5) is 7.17. The molecule has 0 atom stereocenters. The standard InChI is InChI=1S/C22H29BrN4O/c1-6-10-27(11-7-2)17-9-8-16(20-21(17)26(4)22(24)25-20)19-14(3)12-15(23)13-18(19)28-5/h8-9,12-13H,6-7,10-11H2,1-5H3,(H2,24,25). The lowest BCUT2D eigenvalue weighted by Gasteiger charge is -2.25. The number of methoxy groups -OCH3 is 1. The van der Waals surface area contributed by atoms with Crippen molar-refractivity contribution in [1.82, 2.24) is 9.55 Å². The van der Waals surface area contributed by atoms with E-state index in [0.29, 0.717) is 5.95 Å². The largest absolute Gasteiger partial charge is 0.496 e. The van der Waals surface area contributed by atoms with Crippen molar-refractivity contribution < 1.29 is 4.74 Å². The van der Waals surface area contributed by atoms with Crippen molar-refractivity contribution in [3.05, 3.63) is 34.3 Å². The van der Waals surface area contributed by atoms with Gasteiger partial charge in [-0.05, 0) is 49.6 Å². The molecule has 0 aliphatic heterocycles. The number of halogens is 1. The van der Waals surface area contributed by atoms with Gasteiger partial charge in [-0.15, -0.1) is 0 Å². The van der Waals surface area contributed by atoms with Crippen molar-refractivity contribution in [2.45, 2.75) is 33.6 Å². The van der Waals surface area contributed by atoms with Gasteiger partial charge in [0.15, 0.2) is 0 Å². The highest BCUT2D eigenvalue weighted by Crippen LogP contribution is 2.42. The van der Waals surface area contributed by atoms with Crippen LogP contribution < -0.4 is 15.4 Å². The van der Waals surface area contributed by atoms with Gasteiger partial charge in [0.2, 0.25) is 5.95 Å². The van der Waals surface area contributed by atoms with E-state index in [1.54, 1.807) is 7.11 Å². The number of aromatic nitrogens is 2. The molecule has 2 N–H and O–H groups in total. The minimum Gasteiger partial charge on any atom is -0.496 e. The van der Waals surface area contributed by atoms with Crippen molar-refractivity contribution in [2.24, 2.45) is 7.05 Å². The molecule has 0 saturated carbocycles. The molecule has 28 heavy (non-hydrogen) atoms. The number of hydrogen-bond acceptors (Lipinski definition) is 4. The maximum Gasteiger partial charge on any atom is 0.201 e. The van der Waals surface area contributed by atoms with Crippen molar-refractivity contribution in [1.29, 1.82) is 0 Å². The maximum atomic E-state index is 6.24. The fourth-order valence-corrected chi connectivity index (χ4v) is 4.44. The van der Waals surface area contributed by atoms with Crippen LogP contribution in [0.5, 0.6) is 5.75 Å². The molecule has 150 valence electrons. The van der Waals surface area contributed by atoms with E-state index < -0.39 is 0 Å². The Morgan fingerprint density at radius 3 is 2.46 bits per heavy atom. The summed E-state index contributed by atoms with van der Waals surface area (Å²) in [5, 5.41) is 0. The number of nitrogens with zero attached hydrogens (tertiary/aromatic N) is 3. The molecule has 6 heteroatoms. The van der Waals surface area contributed by atoms with Crippen LogP contribution in [0.25, 0.3) is 22.2 Å². The van der Waals surface area contributed by atoms with Gasteiger partial charge in [-0.1, -0.05) is 29.8 Å². The Morgan fingerprint density at radius 1 is 1.18 bits per heavy atom. The smallest absolute Gasteiger partial charge is 0.201 e. The summed E-state index contributed by atoms with van der Waals surface area (Å²) in [6.07, 6.45) is 2.19. The third-order valence-electron chi connectivity index (χ3n) is 5.12. The number of rotatable bonds is 7. The van der Waals surface area contributed by atoms with Gasteiger partial charge in [0.05, 0.1) is 18.3 Å². The topological polar surface area (TPSA) is 56.3 Å². The zero-order valence-electron chi connectivity index (χ0n) is 17.3. The summed E-state index contributed by atoms with van der Waals surface area (Å²) in [5.74, 6) is 1.34. The van der Waals surface area contributed by atoms with Crippen LogP contribution in [-0.2, 0) is 7.05 Å². The molecule has 0 spiro atoms. The van der Waals surface area contributed by atoms with Gasteiger partial charge in [0.1, 0.15) is 11.3 Å². The van der Waals surface area contributed by atoms with Crippen molar-refractivity contribution in [3.63, 3.8) is 0 Å². The Kier molecular flexibility index (Phi) is 6.18. The number of aryl methyl sites for hydroxylation is 2. The number of hydrogen-bond donors (Lipinski definition) is 1. The number of nitrogen functional groups attached to an aromatic ring is 1. The van der Waals surface area contributed by atoms with E-state index in [1.165, 1.54) is 5.69 Å². The normalized spacial score (nSPS) is 11.2. The first-order chi connectivity index (χ1) is 13.4. The van der Waals surface area contributed by atoms with Crippen molar-refractivity contribution in [3.8, 4) is 16.9 Å². The van der Waals surface area contributed by atoms with E-state index in [1.807, 2.05) is 17.7 Å². The monoisotopic (exact) mass is 444 g/mol. The molecule has 0 amide bonds. The number of benzene rings is 2. The Balaban J connectivity index is 2.32. The molecule has 3 rings (SSSR count). The van der Waals surface area contributed by atoms with Gasteiger partial charge in [-0.3, -0.25) is 0 Å². The van der Waals surface area contributed by atoms with Gasteiger partial charge in [0, 0.05) is 35.7 Å².